The van der Waals surface area contributed by atoms with Crippen molar-refractivity contribution in [2.24, 2.45) is 23.5 Å². The van der Waals surface area contributed by atoms with Gasteiger partial charge in [-0.2, -0.15) is 0 Å². The molecule has 1 aliphatic carbocycles. The summed E-state index contributed by atoms with van der Waals surface area (Å²) in [6.07, 6.45) is 5.80. The van der Waals surface area contributed by atoms with Crippen molar-refractivity contribution >= 4 is 5.91 Å². The molecular weight excluding hydrogens is 188 g/mol. The Morgan fingerprint density at radius 3 is 2.67 bits per heavy atom. The van der Waals surface area contributed by atoms with Gasteiger partial charge in [-0.15, -0.1) is 0 Å². The van der Waals surface area contributed by atoms with Gasteiger partial charge in [0.25, 0.3) is 0 Å². The molecule has 1 heterocycles. The number of hydrogen-bond donors (Lipinski definition) is 1. The predicted octanol–water partition coefficient (Wildman–Crippen LogP) is 1.23. The summed E-state index contributed by atoms with van der Waals surface area (Å²) in [5.41, 5.74) is 5.67. The molecule has 1 saturated heterocycles. The lowest BCUT2D eigenvalue weighted by Gasteiger charge is -2.34. The molecule has 0 aromatic heterocycles. The first-order chi connectivity index (χ1) is 7.22. The first-order valence-electron chi connectivity index (χ1n) is 6.16. The van der Waals surface area contributed by atoms with E-state index in [-0.39, 0.29) is 0 Å². The van der Waals surface area contributed by atoms with Crippen LogP contribution in [0.25, 0.3) is 0 Å². The van der Waals surface area contributed by atoms with E-state index in [0.717, 1.165) is 37.8 Å². The molecule has 2 fully saturated rings. The number of carbonyl (C=O) groups excluding carboxylic acids is 1. The van der Waals surface area contributed by atoms with Crippen LogP contribution < -0.4 is 5.73 Å². The fourth-order valence-electron chi connectivity index (χ4n) is 2.90. The zero-order valence-electron chi connectivity index (χ0n) is 9.61. The van der Waals surface area contributed by atoms with Gasteiger partial charge in [0.1, 0.15) is 0 Å². The van der Waals surface area contributed by atoms with Crippen LogP contribution in [-0.2, 0) is 4.79 Å². The van der Waals surface area contributed by atoms with Gasteiger partial charge in [-0.1, -0.05) is 0 Å². The molecule has 0 radical (unpaired) electrons. The third-order valence-corrected chi connectivity index (χ3v) is 4.03. The van der Waals surface area contributed by atoms with Gasteiger partial charge in [-0.3, -0.25) is 4.79 Å². The summed E-state index contributed by atoms with van der Waals surface area (Å²) in [5.74, 6) is 2.56. The van der Waals surface area contributed by atoms with E-state index in [0.29, 0.717) is 11.8 Å². The highest BCUT2D eigenvalue weighted by Gasteiger charge is 2.38. The maximum atomic E-state index is 11.7. The van der Waals surface area contributed by atoms with Crippen molar-refractivity contribution < 1.29 is 4.79 Å². The molecule has 86 valence electrons. The maximum absolute atomic E-state index is 11.7. The van der Waals surface area contributed by atoms with E-state index in [9.17, 15) is 4.79 Å². The van der Waals surface area contributed by atoms with E-state index in [1.807, 2.05) is 11.9 Å². The normalized spacial score (nSPS) is 29.3. The third-order valence-electron chi connectivity index (χ3n) is 4.03. The lowest BCUT2D eigenvalue weighted by Crippen LogP contribution is -2.38. The van der Waals surface area contributed by atoms with E-state index >= 15 is 0 Å². The van der Waals surface area contributed by atoms with Crippen molar-refractivity contribution in [3.8, 4) is 0 Å². The van der Waals surface area contributed by atoms with Crippen LogP contribution in [0, 0.1) is 17.8 Å². The SMILES string of the molecule is CN1CCC(C(CCN)C2CC2)CC1=O. The Morgan fingerprint density at radius 1 is 1.40 bits per heavy atom. The molecule has 2 N–H and O–H groups in total. The molecule has 2 rings (SSSR count). The molecule has 1 aliphatic heterocycles. The number of likely N-dealkylation sites (tertiary alicyclic amines) is 1. The van der Waals surface area contributed by atoms with Gasteiger partial charge >= 0.3 is 0 Å². The highest BCUT2D eigenvalue weighted by Crippen LogP contribution is 2.45. The molecule has 0 aromatic carbocycles. The number of rotatable bonds is 4. The average molecular weight is 210 g/mol. The number of nitrogens with zero attached hydrogens (tertiary/aromatic N) is 1. The van der Waals surface area contributed by atoms with Gasteiger partial charge < -0.3 is 10.6 Å². The minimum absolute atomic E-state index is 0.328. The molecule has 3 heteroatoms. The quantitative estimate of drug-likeness (QED) is 0.758. The van der Waals surface area contributed by atoms with E-state index in [2.05, 4.69) is 0 Å². The van der Waals surface area contributed by atoms with Crippen LogP contribution in [0.4, 0.5) is 0 Å². The fourth-order valence-corrected chi connectivity index (χ4v) is 2.90. The molecule has 2 atom stereocenters. The molecule has 0 bridgehead atoms. The zero-order valence-corrected chi connectivity index (χ0v) is 9.61. The van der Waals surface area contributed by atoms with Crippen LogP contribution in [-0.4, -0.2) is 30.9 Å². The number of hydrogen-bond acceptors (Lipinski definition) is 2. The second-order valence-electron chi connectivity index (χ2n) is 5.15. The van der Waals surface area contributed by atoms with Crippen molar-refractivity contribution in [3.63, 3.8) is 0 Å². The van der Waals surface area contributed by atoms with Gasteiger partial charge in [0.15, 0.2) is 0 Å². The van der Waals surface area contributed by atoms with Gasteiger partial charge in [0.2, 0.25) is 5.91 Å². The monoisotopic (exact) mass is 210 g/mol. The van der Waals surface area contributed by atoms with Gasteiger partial charge in [0, 0.05) is 20.0 Å². The molecule has 3 nitrogen and oxygen atoms in total. The first kappa shape index (κ1) is 10.9. The summed E-state index contributed by atoms with van der Waals surface area (Å²) in [6.45, 7) is 1.72. The average Bonchev–Trinajstić information content (AvgIpc) is 3.02. The van der Waals surface area contributed by atoms with Crippen LogP contribution in [0.1, 0.15) is 32.1 Å². The van der Waals surface area contributed by atoms with Crippen LogP contribution in [0.3, 0.4) is 0 Å². The fraction of sp³-hybridized carbons (Fsp3) is 0.917. The van der Waals surface area contributed by atoms with E-state index < -0.39 is 0 Å². The highest BCUT2D eigenvalue weighted by atomic mass is 16.2. The summed E-state index contributed by atoms with van der Waals surface area (Å²) in [4.78, 5) is 13.5. The minimum atomic E-state index is 0.328. The summed E-state index contributed by atoms with van der Waals surface area (Å²) < 4.78 is 0. The highest BCUT2D eigenvalue weighted by molar-refractivity contribution is 5.76. The first-order valence-corrected chi connectivity index (χ1v) is 6.16. The lowest BCUT2D eigenvalue weighted by atomic mass is 9.79. The Morgan fingerprint density at radius 2 is 2.13 bits per heavy atom. The molecule has 2 aliphatic rings. The number of carbonyl (C=O) groups is 1. The summed E-state index contributed by atoms with van der Waals surface area (Å²) in [5, 5.41) is 0. The molecule has 0 aromatic rings. The minimum Gasteiger partial charge on any atom is -0.346 e. The molecule has 1 amide bonds. The summed E-state index contributed by atoms with van der Waals surface area (Å²) in [7, 11) is 1.91. The van der Waals surface area contributed by atoms with Gasteiger partial charge in [-0.25, -0.2) is 0 Å². The number of nitrogens with two attached hydrogens (primary N) is 1. The molecule has 15 heavy (non-hydrogen) atoms. The van der Waals surface area contributed by atoms with Crippen LogP contribution in [0.5, 0.6) is 0 Å². The third kappa shape index (κ3) is 2.51. The lowest BCUT2D eigenvalue weighted by molar-refractivity contribution is -0.134. The van der Waals surface area contributed by atoms with Crippen LogP contribution >= 0.6 is 0 Å². The second-order valence-corrected chi connectivity index (χ2v) is 5.15. The predicted molar refractivity (Wildman–Crippen MR) is 60.2 cm³/mol. The smallest absolute Gasteiger partial charge is 0.222 e. The molecule has 1 saturated carbocycles. The van der Waals surface area contributed by atoms with Gasteiger partial charge in [-0.05, 0) is 50.0 Å². The van der Waals surface area contributed by atoms with E-state index in [1.165, 1.54) is 19.3 Å². The Balaban J connectivity index is 1.92. The molecule has 0 spiro atoms. The van der Waals surface area contributed by atoms with E-state index in [4.69, 9.17) is 5.73 Å². The Bertz CT molecular complexity index is 238. The van der Waals surface area contributed by atoms with Crippen molar-refractivity contribution in [1.29, 1.82) is 0 Å². The molecule has 2 unspecified atom stereocenters. The Labute approximate surface area is 92.0 Å². The van der Waals surface area contributed by atoms with Crippen LogP contribution in [0.2, 0.25) is 0 Å². The number of piperidine rings is 1. The number of amides is 1. The Hall–Kier alpha value is -0.570. The van der Waals surface area contributed by atoms with Crippen molar-refractivity contribution in [3.05, 3.63) is 0 Å². The maximum Gasteiger partial charge on any atom is 0.222 e. The van der Waals surface area contributed by atoms with Crippen molar-refractivity contribution in [2.75, 3.05) is 20.1 Å². The second kappa shape index (κ2) is 4.52. The summed E-state index contributed by atoms with van der Waals surface area (Å²) >= 11 is 0. The Kier molecular flexibility index (Phi) is 3.29. The molecular formula is C12H22N2O. The largest absolute Gasteiger partial charge is 0.346 e. The zero-order chi connectivity index (χ0) is 10.8. The van der Waals surface area contributed by atoms with Crippen molar-refractivity contribution in [2.45, 2.75) is 32.1 Å². The summed E-state index contributed by atoms with van der Waals surface area (Å²) in [6, 6.07) is 0. The standard InChI is InChI=1S/C12H22N2O/c1-14-7-5-10(8-12(14)15)11(4-6-13)9-2-3-9/h9-11H,2-8,13H2,1H3. The topological polar surface area (TPSA) is 46.3 Å². The van der Waals surface area contributed by atoms with Crippen LogP contribution in [0.15, 0.2) is 0 Å². The van der Waals surface area contributed by atoms with Gasteiger partial charge in [0.05, 0.1) is 0 Å². The van der Waals surface area contributed by atoms with Crippen molar-refractivity contribution in [1.82, 2.24) is 4.90 Å². The van der Waals surface area contributed by atoms with E-state index in [1.54, 1.807) is 0 Å².